The van der Waals surface area contributed by atoms with Crippen LogP contribution in [0.25, 0.3) is 0 Å². The largest absolute Gasteiger partial charge is 0.465 e. The number of rotatable bonds is 46. The molecule has 0 N–H and O–H groups in total. The van der Waals surface area contributed by atoms with Gasteiger partial charge in [-0.1, -0.05) is 221 Å². The second-order valence-corrected chi connectivity index (χ2v) is 24.6. The molecule has 9 nitrogen and oxygen atoms in total. The second kappa shape index (κ2) is 34.9. The number of unbranched alkanes of at least 4 members (excludes halogenated alkanes) is 24. The van der Waals surface area contributed by atoms with E-state index in [0.717, 1.165) is 64.6 Å². The molecule has 0 aliphatic carbocycles. The number of carbonyl (C=O) groups is 3. The maximum absolute atomic E-state index is 14.4. The zero-order chi connectivity index (χ0) is 52.2. The van der Waals surface area contributed by atoms with Crippen molar-refractivity contribution in [2.75, 3.05) is 45.9 Å². The zero-order valence-corrected chi connectivity index (χ0v) is 48.7. The van der Waals surface area contributed by atoms with E-state index < -0.39 is 11.2 Å². The summed E-state index contributed by atoms with van der Waals surface area (Å²) in [4.78, 5) is 47.2. The van der Waals surface area contributed by atoms with Gasteiger partial charge in [-0.2, -0.15) is 0 Å². The highest BCUT2D eigenvalue weighted by Crippen LogP contribution is 2.70. The molecule has 0 aromatic carbocycles. The van der Waals surface area contributed by atoms with Crippen LogP contribution in [0.1, 0.15) is 286 Å². The lowest BCUT2D eigenvalue weighted by Gasteiger charge is -2.55. The SMILES string of the molecule is CCCCCCCCCC(CCCCCCCCC)CC(=O)OCC1C2OC3(CN(C(=O)CCCN(CC)CC)CC45CCC(O4)C2C53)C1COC(=O)CC(CCCCCCCCC)CCCCCCCCC. The molecule has 8 unspecified atom stereocenters. The molecule has 5 aliphatic heterocycles. The van der Waals surface area contributed by atoms with Gasteiger partial charge in [-0.25, -0.2) is 0 Å². The van der Waals surface area contributed by atoms with Gasteiger partial charge >= 0.3 is 11.9 Å². The van der Waals surface area contributed by atoms with Crippen LogP contribution < -0.4 is 0 Å². The topological polar surface area (TPSA) is 94.6 Å². The molecule has 0 saturated carbocycles. The summed E-state index contributed by atoms with van der Waals surface area (Å²) in [5.74, 6) is 0.744. The van der Waals surface area contributed by atoms with Crippen LogP contribution in [0, 0.1) is 35.5 Å². The number of nitrogens with zero attached hydrogens (tertiary/aromatic N) is 2. The molecule has 2 spiro atoms. The predicted octanol–water partition coefficient (Wildman–Crippen LogP) is 16.2. The number of amides is 1. The van der Waals surface area contributed by atoms with Crippen molar-refractivity contribution in [1.29, 1.82) is 0 Å². The molecule has 5 rings (SSSR count). The van der Waals surface area contributed by atoms with Crippen molar-refractivity contribution >= 4 is 17.8 Å². The van der Waals surface area contributed by atoms with Crippen LogP contribution in [-0.2, 0) is 33.3 Å². The first-order chi connectivity index (χ1) is 35.7. The average molecular weight is 1030 g/mol. The van der Waals surface area contributed by atoms with Crippen molar-refractivity contribution in [1.82, 2.24) is 9.80 Å². The fraction of sp³-hybridized carbons (Fsp3) is 0.953. The van der Waals surface area contributed by atoms with Crippen molar-refractivity contribution < 1.29 is 33.3 Å². The van der Waals surface area contributed by atoms with Gasteiger partial charge in [-0.3, -0.25) is 14.4 Å². The third-order valence-corrected chi connectivity index (χ3v) is 19.1. The van der Waals surface area contributed by atoms with E-state index in [1.54, 1.807) is 0 Å². The molecule has 5 aliphatic rings. The van der Waals surface area contributed by atoms with E-state index in [1.165, 1.54) is 180 Å². The van der Waals surface area contributed by atoms with E-state index in [4.69, 9.17) is 18.9 Å². The molecule has 5 saturated heterocycles. The third kappa shape index (κ3) is 19.3. The first-order valence-electron chi connectivity index (χ1n) is 32.4. The van der Waals surface area contributed by atoms with E-state index in [2.05, 4.69) is 51.3 Å². The Kier molecular flexibility index (Phi) is 29.7. The summed E-state index contributed by atoms with van der Waals surface area (Å²) in [5.41, 5.74) is -1.13. The van der Waals surface area contributed by atoms with Gasteiger partial charge in [-0.05, 0) is 76.4 Å². The molecule has 0 aromatic heterocycles. The maximum Gasteiger partial charge on any atom is 0.306 e. The Morgan fingerprint density at radius 3 is 1.44 bits per heavy atom. The summed E-state index contributed by atoms with van der Waals surface area (Å²) in [6.07, 6.45) is 44.3. The van der Waals surface area contributed by atoms with Gasteiger partial charge in [0.25, 0.3) is 0 Å². The van der Waals surface area contributed by atoms with Crippen LogP contribution in [0.5, 0.6) is 0 Å². The predicted molar refractivity (Wildman–Crippen MR) is 301 cm³/mol. The summed E-state index contributed by atoms with van der Waals surface area (Å²) in [7, 11) is 0. The highest BCUT2D eigenvalue weighted by atomic mass is 16.6. The normalized spacial score (nSPS) is 25.7. The van der Waals surface area contributed by atoms with Crippen LogP contribution >= 0.6 is 0 Å². The van der Waals surface area contributed by atoms with Gasteiger partial charge < -0.3 is 28.7 Å². The lowest BCUT2D eigenvalue weighted by Crippen LogP contribution is -2.69. The summed E-state index contributed by atoms with van der Waals surface area (Å²) >= 11 is 0. The van der Waals surface area contributed by atoms with Crippen molar-refractivity contribution in [3.8, 4) is 0 Å². The standard InChI is InChI=1S/C64H116N2O7/c1-7-13-17-21-25-29-33-38-52(39-34-30-26-22-18-14-8-2)46-58(68)70-48-54-55(49-71-59(69)47-53(40-35-31-27-23-19-15-9-3)41-36-32-28-24-20-16-10-4)64-51-66(57(67)42-37-45-65(11-5)12-6)50-63-44-43-56(72-63)60(62(63)64)61(54)73-64/h52-56,60-62H,7-51H2,1-6H3. The van der Waals surface area contributed by atoms with Gasteiger partial charge in [-0.15, -0.1) is 0 Å². The highest BCUT2D eigenvalue weighted by Gasteiger charge is 2.81. The molecule has 9 heteroatoms. The molecule has 8 atom stereocenters. The fourth-order valence-corrected chi connectivity index (χ4v) is 14.9. The Bertz CT molecular complexity index is 1470. The third-order valence-electron chi connectivity index (χ3n) is 19.1. The number of hydrogen-bond acceptors (Lipinski definition) is 8. The summed E-state index contributed by atoms with van der Waals surface area (Å²) in [5, 5.41) is 0. The molecule has 4 bridgehead atoms. The van der Waals surface area contributed by atoms with Crippen molar-refractivity contribution in [2.45, 2.75) is 309 Å². The number of esters is 2. The summed E-state index contributed by atoms with van der Waals surface area (Å²) in [6.45, 7) is 18.0. The minimum atomic E-state index is -0.694. The minimum absolute atomic E-state index is 0.0867. The molecule has 5 fully saturated rings. The Morgan fingerprint density at radius 1 is 0.548 bits per heavy atom. The van der Waals surface area contributed by atoms with Crippen LogP contribution in [-0.4, -0.2) is 97.0 Å². The number of carbonyl (C=O) groups excluding carboxylic acids is 3. The molecule has 424 valence electrons. The van der Waals surface area contributed by atoms with Crippen molar-refractivity contribution in [2.24, 2.45) is 35.5 Å². The van der Waals surface area contributed by atoms with Crippen LogP contribution in [0.2, 0.25) is 0 Å². The quantitative estimate of drug-likeness (QED) is 0.0440. The minimum Gasteiger partial charge on any atom is -0.465 e. The van der Waals surface area contributed by atoms with Crippen molar-refractivity contribution in [3.05, 3.63) is 0 Å². The molecule has 0 aromatic rings. The van der Waals surface area contributed by atoms with E-state index in [0.29, 0.717) is 44.2 Å². The second-order valence-electron chi connectivity index (χ2n) is 24.6. The first kappa shape index (κ1) is 62.1. The summed E-state index contributed by atoms with van der Waals surface area (Å²) < 4.78 is 27.5. The number of likely N-dealkylation sites (tertiary alicyclic amines) is 1. The number of piperidine rings is 1. The molecule has 5 heterocycles. The van der Waals surface area contributed by atoms with Crippen LogP contribution in [0.15, 0.2) is 0 Å². The lowest BCUT2D eigenvalue weighted by atomic mass is 9.53. The molecule has 0 radical (unpaired) electrons. The van der Waals surface area contributed by atoms with E-state index >= 15 is 0 Å². The number of ether oxygens (including phenoxy) is 4. The van der Waals surface area contributed by atoms with Gasteiger partial charge in [0, 0.05) is 42.9 Å². The van der Waals surface area contributed by atoms with Gasteiger partial charge in [0.15, 0.2) is 0 Å². The fourth-order valence-electron chi connectivity index (χ4n) is 14.9. The van der Waals surface area contributed by atoms with Crippen molar-refractivity contribution in [3.63, 3.8) is 0 Å². The Morgan fingerprint density at radius 2 is 0.986 bits per heavy atom. The molecular weight excluding hydrogens is 909 g/mol. The van der Waals surface area contributed by atoms with E-state index in [9.17, 15) is 14.4 Å². The van der Waals surface area contributed by atoms with Gasteiger partial charge in [0.1, 0.15) is 0 Å². The Hall–Kier alpha value is -1.71. The van der Waals surface area contributed by atoms with Gasteiger partial charge in [0.2, 0.25) is 5.91 Å². The van der Waals surface area contributed by atoms with Crippen LogP contribution in [0.4, 0.5) is 0 Å². The number of hydrogen-bond donors (Lipinski definition) is 0. The zero-order valence-electron chi connectivity index (χ0n) is 48.7. The van der Waals surface area contributed by atoms with E-state index in [1.807, 2.05) is 0 Å². The molecular formula is C64H116N2O7. The first-order valence-corrected chi connectivity index (χ1v) is 32.4. The van der Waals surface area contributed by atoms with E-state index in [-0.39, 0.29) is 66.9 Å². The smallest absolute Gasteiger partial charge is 0.306 e. The monoisotopic (exact) mass is 1020 g/mol. The molecule has 73 heavy (non-hydrogen) atoms. The lowest BCUT2D eigenvalue weighted by molar-refractivity contribution is -0.182. The van der Waals surface area contributed by atoms with Gasteiger partial charge in [0.05, 0.1) is 49.7 Å². The average Bonchev–Trinajstić information content (AvgIpc) is 4.15. The number of fused-ring (bicyclic) bond motifs is 4. The maximum atomic E-state index is 14.4. The summed E-state index contributed by atoms with van der Waals surface area (Å²) in [6, 6.07) is 0. The highest BCUT2D eigenvalue weighted by molar-refractivity contribution is 5.77. The Balaban J connectivity index is 1.29. The van der Waals surface area contributed by atoms with Crippen LogP contribution in [0.3, 0.4) is 0 Å². The molecule has 1 amide bonds. The Labute approximate surface area is 449 Å².